The Morgan fingerprint density at radius 1 is 1.09 bits per heavy atom. The van der Waals surface area contributed by atoms with Gasteiger partial charge in [0.25, 0.3) is 0 Å². The summed E-state index contributed by atoms with van der Waals surface area (Å²) in [4.78, 5) is -1.92. The molecule has 0 amide bonds. The zero-order valence-electron chi connectivity index (χ0n) is 4.93. The molecule has 0 rings (SSSR count). The summed E-state index contributed by atoms with van der Waals surface area (Å²) in [6.45, 7) is 0. The fraction of sp³-hybridized carbons (Fsp3) is 1.00. The van der Waals surface area contributed by atoms with Gasteiger partial charge < -0.3 is 0 Å². The van der Waals surface area contributed by atoms with Crippen LogP contribution in [0.3, 0.4) is 0 Å². The number of rotatable bonds is 2. The molecule has 0 bridgehead atoms. The van der Waals surface area contributed by atoms with Crippen molar-refractivity contribution in [1.82, 2.24) is 0 Å². The third-order valence-corrected chi connectivity index (χ3v) is 3.32. The summed E-state index contributed by atoms with van der Waals surface area (Å²) < 4.78 is 58.7. The molecule has 0 aliphatic heterocycles. The third-order valence-electron chi connectivity index (χ3n) is 0.907. The van der Waals surface area contributed by atoms with Gasteiger partial charge in [-0.3, -0.25) is 0 Å². The fourth-order valence-electron chi connectivity index (χ4n) is 0.274. The van der Waals surface area contributed by atoms with E-state index in [0.717, 1.165) is 0 Å². The maximum absolute atomic E-state index is 12.1. The van der Waals surface area contributed by atoms with Crippen LogP contribution in [0, 0.1) is 0 Å². The molecule has 0 saturated carbocycles. The summed E-state index contributed by atoms with van der Waals surface area (Å²) in [5, 5.41) is -0.459. The highest BCUT2D eigenvalue weighted by Crippen LogP contribution is 2.41. The average molecular weight is 306 g/mol. The molecule has 0 aromatic rings. The molecule has 1 unspecified atom stereocenters. The number of hydrogen-bond donors (Lipinski definition) is 0. The second-order valence-corrected chi connectivity index (χ2v) is 3.50. The molecule has 0 aliphatic carbocycles. The normalized spacial score (nSPS) is 16.6. The smallest absolute Gasteiger partial charge is 0.195 e. The first-order valence-corrected chi connectivity index (χ1v) is 4.41. The Bertz CT molecular complexity index is 131. The molecule has 7 heteroatoms. The molecule has 0 radical (unpaired) electrons. The summed E-state index contributed by atoms with van der Waals surface area (Å²) >= 11 is 4.73. The minimum Gasteiger partial charge on any atom is -0.195 e. The summed E-state index contributed by atoms with van der Waals surface area (Å²) in [7, 11) is 0. The highest BCUT2D eigenvalue weighted by molar-refractivity contribution is 9.12. The lowest BCUT2D eigenvalue weighted by molar-refractivity contribution is -0.278. The van der Waals surface area contributed by atoms with E-state index in [-0.39, 0.29) is 0 Å². The predicted molar refractivity (Wildman–Crippen MR) is 37.5 cm³/mol. The molecule has 68 valence electrons. The van der Waals surface area contributed by atoms with Gasteiger partial charge in [0.05, 0.1) is 4.83 Å². The monoisotopic (exact) mass is 304 g/mol. The average Bonchev–Trinajstić information content (AvgIpc) is 1.83. The quantitative estimate of drug-likeness (QED) is 0.542. The van der Waals surface area contributed by atoms with Crippen molar-refractivity contribution in [2.45, 2.75) is 16.9 Å². The van der Waals surface area contributed by atoms with Crippen molar-refractivity contribution in [1.29, 1.82) is 0 Å². The second kappa shape index (κ2) is 3.55. The van der Waals surface area contributed by atoms with Crippen LogP contribution in [0.25, 0.3) is 0 Å². The first-order chi connectivity index (χ1) is 4.73. The summed E-state index contributed by atoms with van der Waals surface area (Å²) in [6.07, 6.45) is -5.49. The van der Waals surface area contributed by atoms with Crippen LogP contribution in [0.5, 0.6) is 0 Å². The van der Waals surface area contributed by atoms with Crippen LogP contribution in [-0.4, -0.2) is 22.3 Å². The molecule has 0 spiro atoms. The molecule has 0 fully saturated rings. The van der Waals surface area contributed by atoms with Crippen molar-refractivity contribution < 1.29 is 22.0 Å². The number of alkyl halides is 7. The Kier molecular flexibility index (Phi) is 3.75. The molecule has 11 heavy (non-hydrogen) atoms. The highest BCUT2D eigenvalue weighted by atomic mass is 79.9. The van der Waals surface area contributed by atoms with Gasteiger partial charge >= 0.3 is 12.1 Å². The lowest BCUT2D eigenvalue weighted by atomic mass is 10.2. The third kappa shape index (κ3) is 2.54. The molecular formula is C4H3Br2F5. The van der Waals surface area contributed by atoms with E-state index in [1.54, 1.807) is 0 Å². The maximum atomic E-state index is 12.1. The highest BCUT2D eigenvalue weighted by Gasteiger charge is 2.61. The van der Waals surface area contributed by atoms with E-state index in [9.17, 15) is 22.0 Å². The Morgan fingerprint density at radius 3 is 1.55 bits per heavy atom. The fourth-order valence-corrected chi connectivity index (χ4v) is 0.941. The lowest BCUT2D eigenvalue weighted by Gasteiger charge is -2.22. The van der Waals surface area contributed by atoms with Crippen LogP contribution in [0.1, 0.15) is 0 Å². The molecular weight excluding hydrogens is 303 g/mol. The molecule has 0 saturated heterocycles. The summed E-state index contributed by atoms with van der Waals surface area (Å²) in [6, 6.07) is 0. The minimum atomic E-state index is -5.49. The van der Waals surface area contributed by atoms with Gasteiger partial charge in [0, 0.05) is 5.33 Å². The Morgan fingerprint density at radius 2 is 1.45 bits per heavy atom. The van der Waals surface area contributed by atoms with Gasteiger partial charge in [0.15, 0.2) is 0 Å². The van der Waals surface area contributed by atoms with Gasteiger partial charge in [-0.25, -0.2) is 0 Å². The van der Waals surface area contributed by atoms with Gasteiger partial charge in [-0.1, -0.05) is 31.9 Å². The first-order valence-electron chi connectivity index (χ1n) is 2.38. The van der Waals surface area contributed by atoms with Crippen LogP contribution in [0.15, 0.2) is 0 Å². The van der Waals surface area contributed by atoms with E-state index in [4.69, 9.17) is 0 Å². The topological polar surface area (TPSA) is 0 Å². The van der Waals surface area contributed by atoms with E-state index >= 15 is 0 Å². The van der Waals surface area contributed by atoms with Gasteiger partial charge in [-0.2, -0.15) is 22.0 Å². The van der Waals surface area contributed by atoms with E-state index in [0.29, 0.717) is 0 Å². The maximum Gasteiger partial charge on any atom is 0.454 e. The Hall–Kier alpha value is 0.610. The van der Waals surface area contributed by atoms with Crippen molar-refractivity contribution in [2.75, 3.05) is 5.33 Å². The predicted octanol–water partition coefficient (Wildman–Crippen LogP) is 3.34. The lowest BCUT2D eigenvalue weighted by Crippen LogP contribution is -2.44. The van der Waals surface area contributed by atoms with E-state index < -0.39 is 22.3 Å². The molecule has 0 aromatic heterocycles. The van der Waals surface area contributed by atoms with Gasteiger partial charge in [-0.05, 0) is 0 Å². The van der Waals surface area contributed by atoms with Gasteiger partial charge in [0.2, 0.25) is 0 Å². The molecule has 0 nitrogen and oxygen atoms in total. The SMILES string of the molecule is FC(F)(F)C(F)(F)C(Br)CBr. The Labute approximate surface area is 76.4 Å². The summed E-state index contributed by atoms with van der Waals surface area (Å²) in [5.74, 6) is -4.68. The Balaban J connectivity index is 4.45. The van der Waals surface area contributed by atoms with E-state index in [1.165, 1.54) is 0 Å². The molecule has 0 aromatic carbocycles. The van der Waals surface area contributed by atoms with Crippen molar-refractivity contribution >= 4 is 31.9 Å². The summed E-state index contributed by atoms with van der Waals surface area (Å²) in [5.41, 5.74) is 0. The molecule has 1 atom stereocenters. The van der Waals surface area contributed by atoms with Crippen molar-refractivity contribution in [3.8, 4) is 0 Å². The molecule has 0 aliphatic rings. The van der Waals surface area contributed by atoms with Crippen LogP contribution in [-0.2, 0) is 0 Å². The molecule has 0 heterocycles. The number of halogens is 7. The van der Waals surface area contributed by atoms with Gasteiger partial charge in [-0.15, -0.1) is 0 Å². The minimum absolute atomic E-state index is 0.459. The van der Waals surface area contributed by atoms with Crippen LogP contribution >= 0.6 is 31.9 Å². The van der Waals surface area contributed by atoms with Crippen molar-refractivity contribution in [3.63, 3.8) is 0 Å². The largest absolute Gasteiger partial charge is 0.454 e. The van der Waals surface area contributed by atoms with Crippen LogP contribution < -0.4 is 0 Å². The second-order valence-electron chi connectivity index (χ2n) is 1.74. The van der Waals surface area contributed by atoms with Crippen molar-refractivity contribution in [3.05, 3.63) is 0 Å². The van der Waals surface area contributed by atoms with Crippen molar-refractivity contribution in [2.24, 2.45) is 0 Å². The zero-order chi connectivity index (χ0) is 9.28. The van der Waals surface area contributed by atoms with Crippen LogP contribution in [0.4, 0.5) is 22.0 Å². The van der Waals surface area contributed by atoms with Crippen LogP contribution in [0.2, 0.25) is 0 Å². The number of hydrogen-bond acceptors (Lipinski definition) is 0. The molecule has 0 N–H and O–H groups in total. The first kappa shape index (κ1) is 11.6. The zero-order valence-corrected chi connectivity index (χ0v) is 8.10. The standard InChI is InChI=1S/C4H3Br2F5/c5-1-2(6)3(7,8)4(9,10)11/h2H,1H2. The van der Waals surface area contributed by atoms with E-state index in [1.807, 2.05) is 0 Å². The van der Waals surface area contributed by atoms with Gasteiger partial charge in [0.1, 0.15) is 0 Å². The van der Waals surface area contributed by atoms with E-state index in [2.05, 4.69) is 31.9 Å².